The van der Waals surface area contributed by atoms with Crippen LogP contribution in [0.1, 0.15) is 25.5 Å². The Kier molecular flexibility index (Phi) is 3.96. The van der Waals surface area contributed by atoms with Crippen molar-refractivity contribution < 1.29 is 4.74 Å². The average Bonchev–Trinajstić information content (AvgIpc) is 2.78. The lowest BCUT2D eigenvalue weighted by Crippen LogP contribution is -2.19. The van der Waals surface area contributed by atoms with E-state index >= 15 is 0 Å². The fraction of sp³-hybridized carbons (Fsp3) is 0.636. The molecule has 0 bridgehead atoms. The van der Waals surface area contributed by atoms with Crippen LogP contribution in [0.3, 0.4) is 0 Å². The lowest BCUT2D eigenvalue weighted by Gasteiger charge is -2.11. The summed E-state index contributed by atoms with van der Waals surface area (Å²) in [4.78, 5) is 8.48. The Morgan fingerprint density at radius 1 is 1.56 bits per heavy atom. The molecule has 1 fully saturated rings. The van der Waals surface area contributed by atoms with Gasteiger partial charge in [-0.3, -0.25) is 0 Å². The SMILES string of the molecule is CCc1cc(Cl)nc(NCC2CCCO2)n1. The molecule has 2 heterocycles. The van der Waals surface area contributed by atoms with Crippen molar-refractivity contribution in [2.24, 2.45) is 0 Å². The third kappa shape index (κ3) is 3.06. The summed E-state index contributed by atoms with van der Waals surface area (Å²) >= 11 is 5.90. The van der Waals surface area contributed by atoms with Crippen LogP contribution in [-0.4, -0.2) is 29.2 Å². The van der Waals surface area contributed by atoms with Crippen LogP contribution >= 0.6 is 11.6 Å². The van der Waals surface area contributed by atoms with Crippen LogP contribution in [-0.2, 0) is 11.2 Å². The summed E-state index contributed by atoms with van der Waals surface area (Å²) in [7, 11) is 0. The first-order chi connectivity index (χ1) is 7.78. The van der Waals surface area contributed by atoms with Gasteiger partial charge in [0.2, 0.25) is 5.95 Å². The molecule has 0 aliphatic carbocycles. The molecule has 4 nitrogen and oxygen atoms in total. The second kappa shape index (κ2) is 5.46. The van der Waals surface area contributed by atoms with Crippen LogP contribution < -0.4 is 5.32 Å². The van der Waals surface area contributed by atoms with Crippen molar-refractivity contribution in [1.29, 1.82) is 0 Å². The number of rotatable bonds is 4. The number of hydrogen-bond donors (Lipinski definition) is 1. The molecule has 16 heavy (non-hydrogen) atoms. The minimum Gasteiger partial charge on any atom is -0.376 e. The number of ether oxygens (including phenoxy) is 1. The van der Waals surface area contributed by atoms with E-state index in [4.69, 9.17) is 16.3 Å². The summed E-state index contributed by atoms with van der Waals surface area (Å²) in [6, 6.07) is 1.79. The molecule has 1 aliphatic rings. The molecule has 1 aromatic heterocycles. The number of aromatic nitrogens is 2. The van der Waals surface area contributed by atoms with Gasteiger partial charge in [-0.2, -0.15) is 0 Å². The highest BCUT2D eigenvalue weighted by atomic mass is 35.5. The normalized spacial score (nSPS) is 20.0. The highest BCUT2D eigenvalue weighted by molar-refractivity contribution is 6.29. The lowest BCUT2D eigenvalue weighted by molar-refractivity contribution is 0.120. The molecule has 0 spiro atoms. The van der Waals surface area contributed by atoms with E-state index in [0.717, 1.165) is 38.1 Å². The van der Waals surface area contributed by atoms with E-state index < -0.39 is 0 Å². The maximum absolute atomic E-state index is 5.90. The first-order valence-electron chi connectivity index (χ1n) is 5.67. The fourth-order valence-corrected chi connectivity index (χ4v) is 1.94. The van der Waals surface area contributed by atoms with E-state index in [1.807, 2.05) is 6.92 Å². The van der Waals surface area contributed by atoms with Crippen LogP contribution in [0.25, 0.3) is 0 Å². The van der Waals surface area contributed by atoms with Gasteiger partial charge in [0.1, 0.15) is 5.15 Å². The minimum absolute atomic E-state index is 0.285. The van der Waals surface area contributed by atoms with E-state index in [1.165, 1.54) is 0 Å². The van der Waals surface area contributed by atoms with Gasteiger partial charge in [-0.25, -0.2) is 9.97 Å². The maximum atomic E-state index is 5.90. The molecule has 1 aliphatic heterocycles. The van der Waals surface area contributed by atoms with Gasteiger partial charge < -0.3 is 10.1 Å². The van der Waals surface area contributed by atoms with Gasteiger partial charge in [0.25, 0.3) is 0 Å². The molecule has 0 aromatic carbocycles. The first-order valence-corrected chi connectivity index (χ1v) is 6.04. The van der Waals surface area contributed by atoms with E-state index in [9.17, 15) is 0 Å². The number of nitrogens with one attached hydrogen (secondary N) is 1. The average molecular weight is 242 g/mol. The summed E-state index contributed by atoms with van der Waals surface area (Å²) in [5.41, 5.74) is 0.954. The molecule has 1 aromatic rings. The van der Waals surface area contributed by atoms with Gasteiger partial charge in [0.15, 0.2) is 0 Å². The Labute approximate surface area is 100 Å². The van der Waals surface area contributed by atoms with Gasteiger partial charge in [0.05, 0.1) is 6.10 Å². The number of hydrogen-bond acceptors (Lipinski definition) is 4. The quantitative estimate of drug-likeness (QED) is 0.822. The number of anilines is 1. The van der Waals surface area contributed by atoms with Gasteiger partial charge in [-0.05, 0) is 25.3 Å². The van der Waals surface area contributed by atoms with Crippen LogP contribution in [0, 0.1) is 0 Å². The topological polar surface area (TPSA) is 47.0 Å². The van der Waals surface area contributed by atoms with Crippen LogP contribution in [0.5, 0.6) is 0 Å². The van der Waals surface area contributed by atoms with Crippen molar-refractivity contribution in [1.82, 2.24) is 9.97 Å². The van der Waals surface area contributed by atoms with Crippen molar-refractivity contribution in [2.45, 2.75) is 32.3 Å². The zero-order valence-corrected chi connectivity index (χ0v) is 10.1. The van der Waals surface area contributed by atoms with Crippen molar-refractivity contribution in [3.05, 3.63) is 16.9 Å². The molecule has 1 unspecified atom stereocenters. The molecule has 88 valence electrons. The largest absolute Gasteiger partial charge is 0.376 e. The molecule has 0 saturated carbocycles. The maximum Gasteiger partial charge on any atom is 0.224 e. The van der Waals surface area contributed by atoms with Gasteiger partial charge in [0, 0.05) is 18.8 Å². The van der Waals surface area contributed by atoms with Gasteiger partial charge >= 0.3 is 0 Å². The zero-order valence-electron chi connectivity index (χ0n) is 9.37. The highest BCUT2D eigenvalue weighted by Crippen LogP contribution is 2.14. The third-order valence-electron chi connectivity index (χ3n) is 2.62. The molecule has 1 atom stereocenters. The Hall–Kier alpha value is -0.870. The standard InChI is InChI=1S/C11H16ClN3O/c1-2-8-6-10(12)15-11(14-8)13-7-9-4-3-5-16-9/h6,9H,2-5,7H2,1H3,(H,13,14,15). The van der Waals surface area contributed by atoms with Gasteiger partial charge in [-0.15, -0.1) is 0 Å². The number of halogens is 1. The molecular formula is C11H16ClN3O. The van der Waals surface area contributed by atoms with E-state index in [0.29, 0.717) is 11.1 Å². The smallest absolute Gasteiger partial charge is 0.224 e. The minimum atomic E-state index is 0.285. The Morgan fingerprint density at radius 2 is 2.44 bits per heavy atom. The van der Waals surface area contributed by atoms with Crippen LogP contribution in [0.4, 0.5) is 5.95 Å². The molecule has 5 heteroatoms. The van der Waals surface area contributed by atoms with Gasteiger partial charge in [-0.1, -0.05) is 18.5 Å². The zero-order chi connectivity index (χ0) is 11.4. The molecule has 1 saturated heterocycles. The number of nitrogens with zero attached hydrogens (tertiary/aromatic N) is 2. The second-order valence-corrected chi connectivity index (χ2v) is 4.26. The molecular weight excluding hydrogens is 226 g/mol. The highest BCUT2D eigenvalue weighted by Gasteiger charge is 2.15. The summed E-state index contributed by atoms with van der Waals surface area (Å²) < 4.78 is 5.51. The Morgan fingerprint density at radius 3 is 3.12 bits per heavy atom. The van der Waals surface area contributed by atoms with Crippen molar-refractivity contribution >= 4 is 17.5 Å². The molecule has 0 amide bonds. The summed E-state index contributed by atoms with van der Waals surface area (Å²) in [5.74, 6) is 0.597. The summed E-state index contributed by atoms with van der Waals surface area (Å²) in [6.45, 7) is 3.66. The van der Waals surface area contributed by atoms with E-state index in [1.54, 1.807) is 6.07 Å². The van der Waals surface area contributed by atoms with Crippen LogP contribution in [0.15, 0.2) is 6.07 Å². The first kappa shape index (κ1) is 11.6. The Balaban J connectivity index is 1.94. The van der Waals surface area contributed by atoms with E-state index in [-0.39, 0.29) is 6.10 Å². The van der Waals surface area contributed by atoms with Crippen molar-refractivity contribution in [3.63, 3.8) is 0 Å². The van der Waals surface area contributed by atoms with Crippen molar-refractivity contribution in [2.75, 3.05) is 18.5 Å². The molecule has 1 N–H and O–H groups in total. The lowest BCUT2D eigenvalue weighted by atomic mass is 10.2. The second-order valence-electron chi connectivity index (χ2n) is 3.88. The summed E-state index contributed by atoms with van der Waals surface area (Å²) in [6.07, 6.45) is 3.39. The molecule has 2 rings (SSSR count). The third-order valence-corrected chi connectivity index (χ3v) is 2.82. The summed E-state index contributed by atoms with van der Waals surface area (Å²) in [5, 5.41) is 3.66. The molecule has 0 radical (unpaired) electrons. The van der Waals surface area contributed by atoms with Crippen molar-refractivity contribution in [3.8, 4) is 0 Å². The van der Waals surface area contributed by atoms with E-state index in [2.05, 4.69) is 15.3 Å². The fourth-order valence-electron chi connectivity index (χ4n) is 1.73. The van der Waals surface area contributed by atoms with Crippen LogP contribution in [0.2, 0.25) is 5.15 Å². The predicted molar refractivity (Wildman–Crippen MR) is 63.9 cm³/mol. The Bertz CT molecular complexity index is 353. The predicted octanol–water partition coefficient (Wildman–Crippen LogP) is 2.28. The number of aryl methyl sites for hydroxylation is 1. The monoisotopic (exact) mass is 241 g/mol.